The zero-order valence-corrected chi connectivity index (χ0v) is 10.6. The topological polar surface area (TPSA) is 78.7 Å². The average Bonchev–Trinajstić information content (AvgIpc) is 2.45. The second kappa shape index (κ2) is 5.94. The molecule has 1 aromatic heterocycles. The van der Waals surface area contributed by atoms with Gasteiger partial charge in [0.1, 0.15) is 17.2 Å². The summed E-state index contributed by atoms with van der Waals surface area (Å²) in [6, 6.07) is 10.4. The summed E-state index contributed by atoms with van der Waals surface area (Å²) in [5, 5.41) is 11.6. The average molecular weight is 273 g/mol. The van der Waals surface area contributed by atoms with Crippen LogP contribution in [0.5, 0.6) is 0 Å². The Morgan fingerprint density at radius 2 is 2.05 bits per heavy atom. The Morgan fingerprint density at radius 1 is 1.32 bits per heavy atom. The van der Waals surface area contributed by atoms with Gasteiger partial charge >= 0.3 is 0 Å². The summed E-state index contributed by atoms with van der Waals surface area (Å²) < 4.78 is 0. The first-order valence-electron chi connectivity index (χ1n) is 5.44. The fourth-order valence-electron chi connectivity index (χ4n) is 1.43. The molecule has 0 saturated heterocycles. The van der Waals surface area contributed by atoms with Crippen LogP contribution in [-0.4, -0.2) is 15.9 Å². The Bertz CT molecular complexity index is 634. The van der Waals surface area contributed by atoms with Crippen LogP contribution >= 0.6 is 11.6 Å². The third-order valence-corrected chi connectivity index (χ3v) is 2.61. The fraction of sp³-hybridized carbons (Fsp3) is 0.0769. The van der Waals surface area contributed by atoms with Crippen LogP contribution in [0.15, 0.2) is 36.7 Å². The van der Waals surface area contributed by atoms with Crippen LogP contribution in [0.3, 0.4) is 0 Å². The Labute approximate surface area is 114 Å². The van der Waals surface area contributed by atoms with Crippen molar-refractivity contribution in [3.8, 4) is 6.07 Å². The van der Waals surface area contributed by atoms with E-state index in [-0.39, 0.29) is 16.8 Å². The zero-order chi connectivity index (χ0) is 13.7. The number of rotatable bonds is 3. The van der Waals surface area contributed by atoms with E-state index >= 15 is 0 Å². The van der Waals surface area contributed by atoms with Crippen molar-refractivity contribution in [3.63, 3.8) is 0 Å². The van der Waals surface area contributed by atoms with Crippen LogP contribution in [0.2, 0.25) is 5.15 Å². The molecule has 0 fully saturated rings. The van der Waals surface area contributed by atoms with E-state index in [1.165, 1.54) is 12.4 Å². The normalized spacial score (nSPS) is 9.68. The predicted octanol–water partition coefficient (Wildman–Crippen LogP) is 1.93. The third kappa shape index (κ3) is 3.50. The maximum absolute atomic E-state index is 11.8. The van der Waals surface area contributed by atoms with Crippen molar-refractivity contribution in [3.05, 3.63) is 58.6 Å². The second-order valence-electron chi connectivity index (χ2n) is 3.72. The Kier molecular flexibility index (Phi) is 4.06. The van der Waals surface area contributed by atoms with E-state index in [0.29, 0.717) is 12.1 Å². The number of hydrogen-bond acceptors (Lipinski definition) is 4. The molecule has 19 heavy (non-hydrogen) atoms. The van der Waals surface area contributed by atoms with Crippen molar-refractivity contribution in [2.24, 2.45) is 0 Å². The first-order chi connectivity index (χ1) is 9.19. The molecule has 94 valence electrons. The molecule has 0 atom stereocenters. The van der Waals surface area contributed by atoms with Crippen molar-refractivity contribution in [1.82, 2.24) is 15.3 Å². The van der Waals surface area contributed by atoms with Crippen molar-refractivity contribution in [2.75, 3.05) is 0 Å². The molecule has 1 heterocycles. The number of amides is 1. The Morgan fingerprint density at radius 3 is 2.68 bits per heavy atom. The van der Waals surface area contributed by atoms with Crippen molar-refractivity contribution >= 4 is 17.5 Å². The number of nitriles is 1. The first-order valence-corrected chi connectivity index (χ1v) is 5.81. The summed E-state index contributed by atoms with van der Waals surface area (Å²) >= 11 is 5.68. The highest BCUT2D eigenvalue weighted by atomic mass is 35.5. The minimum absolute atomic E-state index is 0.216. The molecule has 6 heteroatoms. The molecule has 1 aromatic carbocycles. The largest absolute Gasteiger partial charge is 0.347 e. The van der Waals surface area contributed by atoms with E-state index in [2.05, 4.69) is 15.3 Å². The second-order valence-corrected chi connectivity index (χ2v) is 4.10. The first kappa shape index (κ1) is 13.0. The van der Waals surface area contributed by atoms with Crippen molar-refractivity contribution < 1.29 is 4.79 Å². The van der Waals surface area contributed by atoms with Crippen molar-refractivity contribution in [1.29, 1.82) is 5.26 Å². The van der Waals surface area contributed by atoms with E-state index in [1.807, 2.05) is 6.07 Å². The molecular weight excluding hydrogens is 264 g/mol. The van der Waals surface area contributed by atoms with Gasteiger partial charge in [-0.25, -0.2) is 9.97 Å². The SMILES string of the molecule is N#Cc1ccc(CNC(=O)c2cc(Cl)ncn2)cc1. The molecule has 0 bridgehead atoms. The summed E-state index contributed by atoms with van der Waals surface area (Å²) in [4.78, 5) is 19.3. The molecule has 0 radical (unpaired) electrons. The highest BCUT2D eigenvalue weighted by Crippen LogP contribution is 2.05. The number of carbonyl (C=O) groups is 1. The fourth-order valence-corrected chi connectivity index (χ4v) is 1.57. The van der Waals surface area contributed by atoms with Gasteiger partial charge in [0.2, 0.25) is 0 Å². The van der Waals surface area contributed by atoms with Gasteiger partial charge in [-0.05, 0) is 17.7 Å². The van der Waals surface area contributed by atoms with Crippen molar-refractivity contribution in [2.45, 2.75) is 6.54 Å². The molecule has 1 N–H and O–H groups in total. The number of nitrogens with one attached hydrogen (secondary N) is 1. The van der Waals surface area contributed by atoms with Crippen LogP contribution in [0.25, 0.3) is 0 Å². The lowest BCUT2D eigenvalue weighted by atomic mass is 10.1. The highest BCUT2D eigenvalue weighted by molar-refractivity contribution is 6.29. The molecular formula is C13H9ClN4O. The number of carbonyl (C=O) groups excluding carboxylic acids is 1. The zero-order valence-electron chi connectivity index (χ0n) is 9.80. The van der Waals surface area contributed by atoms with Crippen LogP contribution in [-0.2, 0) is 6.54 Å². The van der Waals surface area contributed by atoms with Gasteiger partial charge in [0, 0.05) is 12.6 Å². The van der Waals surface area contributed by atoms with E-state index in [1.54, 1.807) is 24.3 Å². The van der Waals surface area contributed by atoms with E-state index in [4.69, 9.17) is 16.9 Å². The summed E-state index contributed by atoms with van der Waals surface area (Å²) in [5.74, 6) is -0.325. The minimum atomic E-state index is -0.325. The van der Waals surface area contributed by atoms with Gasteiger partial charge in [0.15, 0.2) is 0 Å². The third-order valence-electron chi connectivity index (χ3n) is 2.40. The molecule has 0 aliphatic carbocycles. The lowest BCUT2D eigenvalue weighted by molar-refractivity contribution is 0.0945. The summed E-state index contributed by atoms with van der Waals surface area (Å²) in [6.07, 6.45) is 1.24. The number of aromatic nitrogens is 2. The maximum atomic E-state index is 11.8. The summed E-state index contributed by atoms with van der Waals surface area (Å²) in [5.41, 5.74) is 1.69. The predicted molar refractivity (Wildman–Crippen MR) is 69.4 cm³/mol. The van der Waals surface area contributed by atoms with Crippen LogP contribution < -0.4 is 5.32 Å². The number of hydrogen-bond donors (Lipinski definition) is 1. The molecule has 0 unspecified atom stereocenters. The van der Waals surface area contributed by atoms with Gasteiger partial charge in [-0.3, -0.25) is 4.79 Å². The van der Waals surface area contributed by atoms with Crippen LogP contribution in [0, 0.1) is 11.3 Å². The molecule has 1 amide bonds. The number of nitrogens with zero attached hydrogens (tertiary/aromatic N) is 3. The molecule has 5 nitrogen and oxygen atoms in total. The van der Waals surface area contributed by atoms with E-state index < -0.39 is 0 Å². The highest BCUT2D eigenvalue weighted by Gasteiger charge is 2.07. The molecule has 0 aliphatic rings. The molecule has 0 spiro atoms. The van der Waals surface area contributed by atoms with Gasteiger partial charge in [0.05, 0.1) is 11.6 Å². The summed E-state index contributed by atoms with van der Waals surface area (Å²) in [6.45, 7) is 0.353. The van der Waals surface area contributed by atoms with Gasteiger partial charge < -0.3 is 5.32 Å². The lowest BCUT2D eigenvalue weighted by Gasteiger charge is -2.04. The Hall–Kier alpha value is -2.45. The quantitative estimate of drug-likeness (QED) is 0.866. The van der Waals surface area contributed by atoms with Crippen LogP contribution in [0.1, 0.15) is 21.6 Å². The lowest BCUT2D eigenvalue weighted by Crippen LogP contribution is -2.23. The van der Waals surface area contributed by atoms with Gasteiger partial charge in [0.25, 0.3) is 5.91 Å². The monoisotopic (exact) mass is 272 g/mol. The van der Waals surface area contributed by atoms with Gasteiger partial charge in [-0.15, -0.1) is 0 Å². The molecule has 2 aromatic rings. The summed E-state index contributed by atoms with van der Waals surface area (Å²) in [7, 11) is 0. The van der Waals surface area contributed by atoms with E-state index in [9.17, 15) is 4.79 Å². The standard InChI is InChI=1S/C13H9ClN4O/c14-12-5-11(17-8-18-12)13(19)16-7-10-3-1-9(6-15)2-4-10/h1-5,8H,7H2,(H,16,19). The number of benzene rings is 1. The maximum Gasteiger partial charge on any atom is 0.270 e. The van der Waals surface area contributed by atoms with Crippen LogP contribution in [0.4, 0.5) is 0 Å². The molecule has 2 rings (SSSR count). The number of halogens is 1. The van der Waals surface area contributed by atoms with Gasteiger partial charge in [-0.1, -0.05) is 23.7 Å². The molecule has 0 aliphatic heterocycles. The molecule has 0 saturated carbocycles. The van der Waals surface area contributed by atoms with Gasteiger partial charge in [-0.2, -0.15) is 5.26 Å². The Balaban J connectivity index is 1.98. The van der Waals surface area contributed by atoms with E-state index in [0.717, 1.165) is 5.56 Å². The minimum Gasteiger partial charge on any atom is -0.347 e. The smallest absolute Gasteiger partial charge is 0.270 e.